The lowest BCUT2D eigenvalue weighted by Gasteiger charge is -2.15. The van der Waals surface area contributed by atoms with Crippen molar-refractivity contribution >= 4 is 10.8 Å². The Morgan fingerprint density at radius 3 is 2.69 bits per heavy atom. The number of allylic oxidation sites excluding steroid dienone is 2. The van der Waals surface area contributed by atoms with Crippen molar-refractivity contribution in [1.29, 1.82) is 0 Å². The Hall–Kier alpha value is -1.96. The van der Waals surface area contributed by atoms with Crippen LogP contribution in [0.4, 0.5) is 0 Å². The molecule has 0 amide bonds. The number of aromatic hydroxyl groups is 2. The van der Waals surface area contributed by atoms with Gasteiger partial charge < -0.3 is 10.2 Å². The molecular formula is C14H12O2. The topological polar surface area (TPSA) is 40.5 Å². The maximum absolute atomic E-state index is 10.2. The quantitative estimate of drug-likeness (QED) is 0.659. The number of rotatable bonds is 0. The van der Waals surface area contributed by atoms with Gasteiger partial charge >= 0.3 is 0 Å². The van der Waals surface area contributed by atoms with Crippen LogP contribution in [-0.2, 0) is 12.8 Å². The van der Waals surface area contributed by atoms with Crippen molar-refractivity contribution in [1.82, 2.24) is 0 Å². The lowest BCUT2D eigenvalue weighted by atomic mass is 9.92. The average molecular weight is 212 g/mol. The Morgan fingerprint density at radius 1 is 1.00 bits per heavy atom. The molecule has 2 aromatic rings. The summed E-state index contributed by atoms with van der Waals surface area (Å²) in [6.07, 6.45) is 5.75. The summed E-state index contributed by atoms with van der Waals surface area (Å²) < 4.78 is 0. The van der Waals surface area contributed by atoms with Gasteiger partial charge in [-0.05, 0) is 29.9 Å². The normalized spacial score (nSPS) is 14.0. The van der Waals surface area contributed by atoms with Crippen molar-refractivity contribution < 1.29 is 10.2 Å². The summed E-state index contributed by atoms with van der Waals surface area (Å²) in [5, 5.41) is 21.4. The molecule has 3 rings (SSSR count). The van der Waals surface area contributed by atoms with Crippen LogP contribution in [0.5, 0.6) is 11.5 Å². The lowest BCUT2D eigenvalue weighted by molar-refractivity contribution is 0.460. The van der Waals surface area contributed by atoms with Crippen LogP contribution in [-0.4, -0.2) is 10.2 Å². The van der Waals surface area contributed by atoms with E-state index in [1.807, 2.05) is 18.2 Å². The molecule has 16 heavy (non-hydrogen) atoms. The van der Waals surface area contributed by atoms with Crippen molar-refractivity contribution in [2.75, 3.05) is 0 Å². The van der Waals surface area contributed by atoms with Gasteiger partial charge in [-0.25, -0.2) is 0 Å². The molecule has 0 unspecified atom stereocenters. The summed E-state index contributed by atoms with van der Waals surface area (Å²) in [6.45, 7) is 0. The molecule has 2 nitrogen and oxygen atoms in total. The third-order valence-electron chi connectivity index (χ3n) is 3.14. The van der Waals surface area contributed by atoms with E-state index in [1.54, 1.807) is 12.1 Å². The molecule has 0 bridgehead atoms. The number of hydrogen-bond donors (Lipinski definition) is 2. The largest absolute Gasteiger partial charge is 0.507 e. The molecular weight excluding hydrogens is 200 g/mol. The monoisotopic (exact) mass is 212 g/mol. The second kappa shape index (κ2) is 3.27. The number of benzene rings is 2. The predicted molar refractivity (Wildman–Crippen MR) is 63.8 cm³/mol. The van der Waals surface area contributed by atoms with E-state index in [9.17, 15) is 10.2 Å². The first-order valence-corrected chi connectivity index (χ1v) is 5.38. The summed E-state index contributed by atoms with van der Waals surface area (Å²) in [7, 11) is 0. The maximum atomic E-state index is 10.2. The Labute approximate surface area is 93.5 Å². The molecule has 0 radical (unpaired) electrons. The zero-order valence-corrected chi connectivity index (χ0v) is 8.77. The highest BCUT2D eigenvalue weighted by Crippen LogP contribution is 2.38. The van der Waals surface area contributed by atoms with E-state index in [0.29, 0.717) is 5.39 Å². The molecule has 80 valence electrons. The maximum Gasteiger partial charge on any atom is 0.130 e. The van der Waals surface area contributed by atoms with Crippen LogP contribution in [0.3, 0.4) is 0 Å². The zero-order chi connectivity index (χ0) is 11.1. The van der Waals surface area contributed by atoms with Crippen molar-refractivity contribution in [2.45, 2.75) is 12.8 Å². The molecule has 2 N–H and O–H groups in total. The summed E-state index contributed by atoms with van der Waals surface area (Å²) in [4.78, 5) is 0. The van der Waals surface area contributed by atoms with Crippen LogP contribution >= 0.6 is 0 Å². The van der Waals surface area contributed by atoms with Gasteiger partial charge in [0.2, 0.25) is 0 Å². The molecule has 1 aliphatic carbocycles. The molecule has 1 aliphatic rings. The standard InChI is InChI=1S/C14H12O2/c15-12-7-3-5-10-8-9-4-1-2-6-11(9)14(16)13(10)12/h1-3,5,7-8,15-16H,4,6H2. The molecule has 0 saturated heterocycles. The van der Waals surface area contributed by atoms with Crippen molar-refractivity contribution in [2.24, 2.45) is 0 Å². The summed E-state index contributed by atoms with van der Waals surface area (Å²) in [5.41, 5.74) is 2.09. The highest BCUT2D eigenvalue weighted by Gasteiger charge is 2.15. The first-order valence-electron chi connectivity index (χ1n) is 5.38. The van der Waals surface area contributed by atoms with Crippen molar-refractivity contribution in [3.05, 3.63) is 47.5 Å². The van der Waals surface area contributed by atoms with Gasteiger partial charge in [0.25, 0.3) is 0 Å². The second-order valence-corrected chi connectivity index (χ2v) is 4.12. The van der Waals surface area contributed by atoms with Gasteiger partial charge in [0.05, 0.1) is 5.39 Å². The van der Waals surface area contributed by atoms with Crippen LogP contribution in [0.15, 0.2) is 36.4 Å². The molecule has 0 aliphatic heterocycles. The van der Waals surface area contributed by atoms with Crippen LogP contribution in [0.2, 0.25) is 0 Å². The first-order chi connectivity index (χ1) is 7.77. The fourth-order valence-electron chi connectivity index (χ4n) is 2.33. The fraction of sp³-hybridized carbons (Fsp3) is 0.143. The Balaban J connectivity index is 2.42. The molecule has 0 spiro atoms. The molecule has 0 heterocycles. The predicted octanol–water partition coefficient (Wildman–Crippen LogP) is 2.91. The Bertz CT molecular complexity index is 597. The SMILES string of the molecule is Oc1cccc2cc3c(c(O)c12)CC=CC3. The van der Waals surface area contributed by atoms with Crippen LogP contribution in [0, 0.1) is 0 Å². The fourth-order valence-corrected chi connectivity index (χ4v) is 2.33. The highest BCUT2D eigenvalue weighted by atomic mass is 16.3. The molecule has 0 saturated carbocycles. The first kappa shape index (κ1) is 9.28. The summed E-state index contributed by atoms with van der Waals surface area (Å²) in [6, 6.07) is 7.36. The second-order valence-electron chi connectivity index (χ2n) is 4.12. The lowest BCUT2D eigenvalue weighted by Crippen LogP contribution is -1.98. The van der Waals surface area contributed by atoms with Gasteiger partial charge in [-0.1, -0.05) is 30.4 Å². The minimum Gasteiger partial charge on any atom is -0.507 e. The number of hydrogen-bond acceptors (Lipinski definition) is 2. The van der Waals surface area contributed by atoms with E-state index in [1.165, 1.54) is 0 Å². The molecule has 0 aromatic heterocycles. The van der Waals surface area contributed by atoms with E-state index in [0.717, 1.165) is 29.4 Å². The number of fused-ring (bicyclic) bond motifs is 2. The van der Waals surface area contributed by atoms with E-state index in [-0.39, 0.29) is 11.5 Å². The summed E-state index contributed by atoms with van der Waals surface area (Å²) >= 11 is 0. The highest BCUT2D eigenvalue weighted by molar-refractivity contribution is 5.95. The van der Waals surface area contributed by atoms with E-state index < -0.39 is 0 Å². The van der Waals surface area contributed by atoms with Gasteiger partial charge in [0, 0.05) is 5.56 Å². The van der Waals surface area contributed by atoms with Gasteiger partial charge in [-0.2, -0.15) is 0 Å². The Kier molecular flexibility index (Phi) is 1.90. The minimum absolute atomic E-state index is 0.146. The third-order valence-corrected chi connectivity index (χ3v) is 3.14. The average Bonchev–Trinajstić information content (AvgIpc) is 2.29. The van der Waals surface area contributed by atoms with E-state index >= 15 is 0 Å². The number of phenols is 2. The smallest absolute Gasteiger partial charge is 0.130 e. The van der Waals surface area contributed by atoms with Gasteiger partial charge in [0.15, 0.2) is 0 Å². The Morgan fingerprint density at radius 2 is 1.81 bits per heavy atom. The van der Waals surface area contributed by atoms with Gasteiger partial charge in [-0.3, -0.25) is 0 Å². The summed E-state index contributed by atoms with van der Waals surface area (Å²) in [5.74, 6) is 0.377. The molecule has 2 aromatic carbocycles. The van der Waals surface area contributed by atoms with Crippen LogP contribution in [0.25, 0.3) is 10.8 Å². The minimum atomic E-state index is 0.146. The van der Waals surface area contributed by atoms with Gasteiger partial charge in [0.1, 0.15) is 11.5 Å². The van der Waals surface area contributed by atoms with Gasteiger partial charge in [-0.15, -0.1) is 0 Å². The molecule has 0 atom stereocenters. The van der Waals surface area contributed by atoms with Crippen LogP contribution in [0.1, 0.15) is 11.1 Å². The van der Waals surface area contributed by atoms with Crippen molar-refractivity contribution in [3.63, 3.8) is 0 Å². The molecule has 0 fully saturated rings. The van der Waals surface area contributed by atoms with E-state index in [4.69, 9.17) is 0 Å². The third kappa shape index (κ3) is 1.20. The molecule has 2 heteroatoms. The van der Waals surface area contributed by atoms with Crippen molar-refractivity contribution in [3.8, 4) is 11.5 Å². The van der Waals surface area contributed by atoms with Crippen LogP contribution < -0.4 is 0 Å². The zero-order valence-electron chi connectivity index (χ0n) is 8.77. The number of phenolic OH excluding ortho intramolecular Hbond substituents is 2. The van der Waals surface area contributed by atoms with E-state index in [2.05, 4.69) is 6.08 Å².